The van der Waals surface area contributed by atoms with Crippen LogP contribution in [0, 0.1) is 18.8 Å². The van der Waals surface area contributed by atoms with Crippen molar-refractivity contribution in [2.75, 3.05) is 26.3 Å². The van der Waals surface area contributed by atoms with E-state index in [1.165, 1.54) is 12.7 Å². The Labute approximate surface area is 172 Å². The average Bonchev–Trinajstić information content (AvgIpc) is 3.31. The van der Waals surface area contributed by atoms with Crippen LogP contribution in [0.3, 0.4) is 0 Å². The summed E-state index contributed by atoms with van der Waals surface area (Å²) in [6.07, 6.45) is 6.66. The third-order valence-electron chi connectivity index (χ3n) is 6.72. The van der Waals surface area contributed by atoms with Crippen LogP contribution in [0.5, 0.6) is 0 Å². The number of carbonyl (C=O) groups excluding carboxylic acids is 2. The standard InChI is InChI=1S/C22H32N2O5/c1-3-15-4-6-16(7-5-15)21(25)23-17-12-28-18-10-24(11-19(18)29-13-17)22(26)20-14(2)8-9-27-20/h8-9,15-19H,3-7,10-13H2,1-2H3,(H,23,25)/t15?,16?,18-,19-/m0/s1. The molecule has 1 N–H and O–H groups in total. The summed E-state index contributed by atoms with van der Waals surface area (Å²) >= 11 is 0. The van der Waals surface area contributed by atoms with E-state index in [0.717, 1.165) is 37.2 Å². The molecule has 7 heteroatoms. The topological polar surface area (TPSA) is 81.0 Å². The van der Waals surface area contributed by atoms with Crippen molar-refractivity contribution in [3.63, 3.8) is 0 Å². The summed E-state index contributed by atoms with van der Waals surface area (Å²) in [4.78, 5) is 27.0. The third-order valence-corrected chi connectivity index (χ3v) is 6.72. The smallest absolute Gasteiger partial charge is 0.290 e. The first kappa shape index (κ1) is 20.4. The predicted octanol–water partition coefficient (Wildman–Crippen LogP) is 2.53. The fourth-order valence-corrected chi connectivity index (χ4v) is 4.73. The maximum absolute atomic E-state index is 12.7. The number of fused-ring (bicyclic) bond motifs is 1. The second-order valence-electron chi connectivity index (χ2n) is 8.72. The molecule has 160 valence electrons. The van der Waals surface area contributed by atoms with Crippen LogP contribution in [-0.2, 0) is 14.3 Å². The van der Waals surface area contributed by atoms with E-state index in [1.54, 1.807) is 11.0 Å². The number of carbonyl (C=O) groups is 2. The van der Waals surface area contributed by atoms with Crippen LogP contribution in [0.25, 0.3) is 0 Å². The lowest BCUT2D eigenvalue weighted by atomic mass is 9.80. The van der Waals surface area contributed by atoms with E-state index in [4.69, 9.17) is 13.9 Å². The summed E-state index contributed by atoms with van der Waals surface area (Å²) in [5.41, 5.74) is 0.833. The van der Waals surface area contributed by atoms with E-state index in [1.807, 2.05) is 6.92 Å². The van der Waals surface area contributed by atoms with Crippen molar-refractivity contribution in [3.8, 4) is 0 Å². The number of nitrogens with zero attached hydrogens (tertiary/aromatic N) is 1. The van der Waals surface area contributed by atoms with Crippen molar-refractivity contribution < 1.29 is 23.5 Å². The fraction of sp³-hybridized carbons (Fsp3) is 0.727. The molecule has 4 rings (SSSR count). The SMILES string of the molecule is CCC1CCC(C(=O)NC2CO[C@H]3CN(C(=O)c4occc4C)C[C@@H]3OC2)CC1. The normalized spacial score (nSPS) is 30.6. The van der Waals surface area contributed by atoms with Crippen LogP contribution in [0.2, 0.25) is 0 Å². The summed E-state index contributed by atoms with van der Waals surface area (Å²) in [5.74, 6) is 1.28. The zero-order chi connectivity index (χ0) is 20.4. The third kappa shape index (κ3) is 4.51. The van der Waals surface area contributed by atoms with Gasteiger partial charge in [0.15, 0.2) is 5.76 Å². The maximum Gasteiger partial charge on any atom is 0.290 e. The predicted molar refractivity (Wildman–Crippen MR) is 106 cm³/mol. The fourth-order valence-electron chi connectivity index (χ4n) is 4.73. The van der Waals surface area contributed by atoms with E-state index in [-0.39, 0.29) is 36.0 Å². The van der Waals surface area contributed by atoms with Gasteiger partial charge in [0.25, 0.3) is 5.91 Å². The van der Waals surface area contributed by atoms with Gasteiger partial charge in [0.2, 0.25) is 5.91 Å². The van der Waals surface area contributed by atoms with Crippen molar-refractivity contribution in [2.45, 2.75) is 64.2 Å². The summed E-state index contributed by atoms with van der Waals surface area (Å²) in [5, 5.41) is 3.13. The lowest BCUT2D eigenvalue weighted by molar-refractivity contribution is -0.127. The van der Waals surface area contributed by atoms with E-state index in [2.05, 4.69) is 12.2 Å². The van der Waals surface area contributed by atoms with Gasteiger partial charge in [0.1, 0.15) is 12.2 Å². The van der Waals surface area contributed by atoms with Crippen LogP contribution in [0.1, 0.15) is 55.1 Å². The molecular weight excluding hydrogens is 372 g/mol. The van der Waals surface area contributed by atoms with Gasteiger partial charge in [-0.2, -0.15) is 0 Å². The highest BCUT2D eigenvalue weighted by Gasteiger charge is 2.41. The summed E-state index contributed by atoms with van der Waals surface area (Å²) in [7, 11) is 0. The Balaban J connectivity index is 1.26. The van der Waals surface area contributed by atoms with Crippen LogP contribution in [-0.4, -0.2) is 61.3 Å². The quantitative estimate of drug-likeness (QED) is 0.834. The summed E-state index contributed by atoms with van der Waals surface area (Å²) in [6, 6.07) is 1.66. The highest BCUT2D eigenvalue weighted by molar-refractivity contribution is 5.93. The van der Waals surface area contributed by atoms with Crippen molar-refractivity contribution >= 4 is 11.8 Å². The first-order valence-corrected chi connectivity index (χ1v) is 10.9. The number of nitrogens with one attached hydrogen (secondary N) is 1. The molecule has 7 nitrogen and oxygen atoms in total. The number of rotatable bonds is 4. The molecule has 3 aliphatic rings. The highest BCUT2D eigenvalue weighted by atomic mass is 16.6. The first-order valence-electron chi connectivity index (χ1n) is 10.9. The molecule has 2 saturated heterocycles. The number of amides is 2. The van der Waals surface area contributed by atoms with Gasteiger partial charge in [-0.1, -0.05) is 13.3 Å². The highest BCUT2D eigenvalue weighted by Crippen LogP contribution is 2.31. The van der Waals surface area contributed by atoms with Gasteiger partial charge in [-0.15, -0.1) is 0 Å². The molecule has 1 aromatic heterocycles. The molecule has 0 aromatic carbocycles. The van der Waals surface area contributed by atoms with Crippen molar-refractivity contribution in [2.24, 2.45) is 11.8 Å². The van der Waals surface area contributed by atoms with E-state index >= 15 is 0 Å². The molecule has 0 radical (unpaired) electrons. The number of furan rings is 1. The molecule has 1 aromatic rings. The van der Waals surface area contributed by atoms with E-state index < -0.39 is 0 Å². The van der Waals surface area contributed by atoms with Crippen LogP contribution in [0.15, 0.2) is 16.7 Å². The summed E-state index contributed by atoms with van der Waals surface area (Å²) < 4.78 is 17.4. The lowest BCUT2D eigenvalue weighted by Gasteiger charge is -2.28. The molecular formula is C22H32N2O5. The minimum atomic E-state index is -0.170. The Morgan fingerprint density at radius 2 is 1.76 bits per heavy atom. The molecule has 2 amide bonds. The Morgan fingerprint density at radius 3 is 2.31 bits per heavy atom. The molecule has 3 fully saturated rings. The molecule has 29 heavy (non-hydrogen) atoms. The molecule has 3 heterocycles. The molecule has 0 spiro atoms. The van der Waals surface area contributed by atoms with Gasteiger partial charge in [-0.25, -0.2) is 0 Å². The number of likely N-dealkylation sites (tertiary alicyclic amines) is 1. The molecule has 0 bridgehead atoms. The second kappa shape index (κ2) is 8.88. The average molecular weight is 405 g/mol. The van der Waals surface area contributed by atoms with E-state index in [9.17, 15) is 9.59 Å². The Morgan fingerprint density at radius 1 is 1.10 bits per heavy atom. The number of ether oxygens (including phenoxy) is 2. The second-order valence-corrected chi connectivity index (χ2v) is 8.72. The van der Waals surface area contributed by atoms with Crippen molar-refractivity contribution in [1.29, 1.82) is 0 Å². The monoisotopic (exact) mass is 404 g/mol. The Bertz CT molecular complexity index is 709. The van der Waals surface area contributed by atoms with Crippen LogP contribution < -0.4 is 5.32 Å². The van der Waals surface area contributed by atoms with E-state index in [0.29, 0.717) is 32.1 Å². The van der Waals surface area contributed by atoms with Gasteiger partial charge >= 0.3 is 0 Å². The number of aryl methyl sites for hydroxylation is 1. The minimum Gasteiger partial charge on any atom is -0.459 e. The Kier molecular flexibility index (Phi) is 6.25. The largest absolute Gasteiger partial charge is 0.459 e. The van der Waals surface area contributed by atoms with Crippen molar-refractivity contribution in [1.82, 2.24) is 10.2 Å². The minimum absolute atomic E-state index is 0.116. The van der Waals surface area contributed by atoms with Gasteiger partial charge in [-0.3, -0.25) is 9.59 Å². The molecule has 1 aliphatic carbocycles. The Hall–Kier alpha value is -1.86. The summed E-state index contributed by atoms with van der Waals surface area (Å²) in [6.45, 7) is 5.88. The van der Waals surface area contributed by atoms with Crippen LogP contribution >= 0.6 is 0 Å². The van der Waals surface area contributed by atoms with Crippen molar-refractivity contribution in [3.05, 3.63) is 23.7 Å². The van der Waals surface area contributed by atoms with Gasteiger partial charge < -0.3 is 24.1 Å². The first-order chi connectivity index (χ1) is 14.0. The maximum atomic E-state index is 12.7. The lowest BCUT2D eigenvalue weighted by Crippen LogP contribution is -2.44. The number of hydrogen-bond acceptors (Lipinski definition) is 5. The molecule has 2 atom stereocenters. The van der Waals surface area contributed by atoms with Gasteiger partial charge in [0, 0.05) is 11.5 Å². The van der Waals surface area contributed by atoms with Gasteiger partial charge in [0.05, 0.1) is 38.6 Å². The molecule has 1 saturated carbocycles. The van der Waals surface area contributed by atoms with Gasteiger partial charge in [-0.05, 0) is 44.6 Å². The molecule has 2 aliphatic heterocycles. The van der Waals surface area contributed by atoms with Crippen LogP contribution in [0.4, 0.5) is 0 Å². The zero-order valence-corrected chi connectivity index (χ0v) is 17.4. The molecule has 0 unspecified atom stereocenters. The number of hydrogen-bond donors (Lipinski definition) is 1. The zero-order valence-electron chi connectivity index (χ0n) is 17.4.